The molecular formula is C31H39N9OS. The number of rotatable bonds is 9. The van der Waals surface area contributed by atoms with Gasteiger partial charge in [-0.2, -0.15) is 5.10 Å². The number of benzene rings is 1. The number of methoxy groups -OCH3 is 1. The number of nitrogens with one attached hydrogen (secondary N) is 1. The van der Waals surface area contributed by atoms with E-state index in [1.165, 1.54) is 17.7 Å². The normalized spacial score (nSPS) is 20.6. The van der Waals surface area contributed by atoms with Gasteiger partial charge in [0, 0.05) is 69.3 Å². The minimum Gasteiger partial charge on any atom is -0.385 e. The molecule has 0 atom stereocenters. The molecule has 2 fully saturated rings. The van der Waals surface area contributed by atoms with Crippen LogP contribution in [0.15, 0.2) is 42.0 Å². The third-order valence-electron chi connectivity index (χ3n) is 9.00. The number of aromatic amines is 1. The first-order chi connectivity index (χ1) is 20.7. The molecule has 42 heavy (non-hydrogen) atoms. The molecule has 220 valence electrons. The van der Waals surface area contributed by atoms with Gasteiger partial charge in [0.15, 0.2) is 5.65 Å². The first-order valence-electron chi connectivity index (χ1n) is 15.1. The number of piperazine rings is 1. The number of H-pyrrole nitrogens is 1. The van der Waals surface area contributed by atoms with E-state index in [0.717, 1.165) is 104 Å². The van der Waals surface area contributed by atoms with Gasteiger partial charge in [-0.25, -0.2) is 19.6 Å². The topological polar surface area (TPSA) is 114 Å². The van der Waals surface area contributed by atoms with E-state index >= 15 is 0 Å². The molecule has 0 radical (unpaired) electrons. The van der Waals surface area contributed by atoms with Gasteiger partial charge < -0.3 is 20.4 Å². The predicted molar refractivity (Wildman–Crippen MR) is 168 cm³/mol. The second kappa shape index (κ2) is 12.1. The Labute approximate surface area is 249 Å². The summed E-state index contributed by atoms with van der Waals surface area (Å²) in [5.74, 6) is 1.44. The van der Waals surface area contributed by atoms with Crippen molar-refractivity contribution >= 4 is 39.2 Å². The fourth-order valence-electron chi connectivity index (χ4n) is 6.78. The van der Waals surface area contributed by atoms with Crippen LogP contribution in [-0.4, -0.2) is 92.0 Å². The van der Waals surface area contributed by atoms with E-state index in [1.807, 2.05) is 0 Å². The van der Waals surface area contributed by atoms with E-state index in [9.17, 15) is 0 Å². The maximum absolute atomic E-state index is 6.46. The van der Waals surface area contributed by atoms with Crippen molar-refractivity contribution in [3.8, 4) is 11.3 Å². The molecule has 10 nitrogen and oxygen atoms in total. The lowest BCUT2D eigenvalue weighted by molar-refractivity contribution is 0.0662. The summed E-state index contributed by atoms with van der Waals surface area (Å²) in [7, 11) is 1.78. The van der Waals surface area contributed by atoms with E-state index in [2.05, 4.69) is 65.1 Å². The van der Waals surface area contributed by atoms with Gasteiger partial charge >= 0.3 is 0 Å². The highest BCUT2D eigenvalue weighted by atomic mass is 32.1. The minimum atomic E-state index is 0.301. The van der Waals surface area contributed by atoms with Crippen LogP contribution in [0.2, 0.25) is 0 Å². The van der Waals surface area contributed by atoms with Crippen molar-refractivity contribution in [2.75, 3.05) is 52.2 Å². The number of imidazole rings is 1. The molecule has 0 amide bonds. The highest BCUT2D eigenvalue weighted by molar-refractivity contribution is 7.09. The number of thiophene rings is 1. The lowest BCUT2D eigenvalue weighted by Gasteiger charge is -2.42. The summed E-state index contributed by atoms with van der Waals surface area (Å²) in [6.45, 7) is 6.61. The van der Waals surface area contributed by atoms with Gasteiger partial charge in [0.05, 0.1) is 22.5 Å². The molecule has 1 aliphatic heterocycles. The van der Waals surface area contributed by atoms with Crippen molar-refractivity contribution in [1.82, 2.24) is 39.5 Å². The number of nitrogens with two attached hydrogens (primary N) is 1. The van der Waals surface area contributed by atoms with E-state index in [0.29, 0.717) is 17.9 Å². The molecule has 4 aromatic heterocycles. The van der Waals surface area contributed by atoms with Gasteiger partial charge in [-0.15, -0.1) is 11.3 Å². The van der Waals surface area contributed by atoms with Gasteiger partial charge in [-0.1, -0.05) is 12.1 Å². The average molecular weight is 586 g/mol. The molecule has 0 spiro atoms. The largest absolute Gasteiger partial charge is 0.385 e. The Balaban J connectivity index is 1.08. The Bertz CT molecular complexity index is 1630. The van der Waals surface area contributed by atoms with Gasteiger partial charge in [-0.05, 0) is 55.7 Å². The molecule has 1 saturated heterocycles. The number of nitrogens with zero attached hydrogens (tertiary/aromatic N) is 7. The molecule has 5 heterocycles. The SMILES string of the molecule is COCCCN1CCN(C2CCC(n3nc(-c4ccc5nc(Cc6cccs6)[nH]c5c4)c4c(N)ncnc43)CC2)CC1. The summed E-state index contributed by atoms with van der Waals surface area (Å²) in [6.07, 6.45) is 8.01. The van der Waals surface area contributed by atoms with Crippen LogP contribution in [0.25, 0.3) is 33.3 Å². The molecule has 2 aliphatic rings. The zero-order chi connectivity index (χ0) is 28.5. The third kappa shape index (κ3) is 5.54. The molecule has 1 aromatic carbocycles. The second-order valence-electron chi connectivity index (χ2n) is 11.6. The van der Waals surface area contributed by atoms with E-state index < -0.39 is 0 Å². The molecule has 0 unspecified atom stereocenters. The summed E-state index contributed by atoms with van der Waals surface area (Å²) >= 11 is 1.75. The highest BCUT2D eigenvalue weighted by Gasteiger charge is 2.31. The lowest BCUT2D eigenvalue weighted by Crippen LogP contribution is -2.51. The molecule has 1 saturated carbocycles. The first kappa shape index (κ1) is 27.5. The fourth-order valence-corrected chi connectivity index (χ4v) is 7.49. The van der Waals surface area contributed by atoms with Crippen LogP contribution in [0, 0.1) is 0 Å². The van der Waals surface area contributed by atoms with Gasteiger partial charge in [0.2, 0.25) is 0 Å². The van der Waals surface area contributed by atoms with Crippen molar-refractivity contribution in [2.45, 2.75) is 50.6 Å². The summed E-state index contributed by atoms with van der Waals surface area (Å²) < 4.78 is 7.36. The standard InChI is InChI=1S/C31H39N9OS/c1-41-16-3-11-38-12-14-39(15-13-38)22-6-8-23(9-7-22)40-31-28(30(32)33-20-34-31)29(37-40)21-5-10-25-26(18-21)36-27(35-25)19-24-4-2-17-42-24/h2,4-5,10,17-18,20,22-23H,3,6-9,11-16,19H2,1H3,(H,35,36)(H2,32,33,34). The number of nitrogen functional groups attached to an aromatic ring is 1. The van der Waals surface area contributed by atoms with Gasteiger partial charge in [0.25, 0.3) is 0 Å². The van der Waals surface area contributed by atoms with Gasteiger partial charge in [0.1, 0.15) is 23.7 Å². The molecule has 11 heteroatoms. The Morgan fingerprint density at radius 1 is 1.05 bits per heavy atom. The van der Waals surface area contributed by atoms with Gasteiger partial charge in [-0.3, -0.25) is 4.90 Å². The van der Waals surface area contributed by atoms with Crippen LogP contribution in [0.3, 0.4) is 0 Å². The summed E-state index contributed by atoms with van der Waals surface area (Å²) in [6, 6.07) is 11.4. The highest BCUT2D eigenvalue weighted by Crippen LogP contribution is 2.37. The zero-order valence-electron chi connectivity index (χ0n) is 24.2. The van der Waals surface area contributed by atoms with Crippen LogP contribution in [0.4, 0.5) is 5.82 Å². The van der Waals surface area contributed by atoms with Crippen molar-refractivity contribution in [3.63, 3.8) is 0 Å². The van der Waals surface area contributed by atoms with Crippen molar-refractivity contribution in [1.29, 1.82) is 0 Å². The molecule has 3 N–H and O–H groups in total. The summed E-state index contributed by atoms with van der Waals surface area (Å²) in [5, 5.41) is 8.11. The van der Waals surface area contributed by atoms with E-state index in [1.54, 1.807) is 24.8 Å². The number of hydrogen-bond donors (Lipinski definition) is 2. The minimum absolute atomic E-state index is 0.301. The van der Waals surface area contributed by atoms with E-state index in [-0.39, 0.29) is 0 Å². The predicted octanol–water partition coefficient (Wildman–Crippen LogP) is 4.74. The maximum atomic E-state index is 6.46. The smallest absolute Gasteiger partial charge is 0.164 e. The maximum Gasteiger partial charge on any atom is 0.164 e. The number of anilines is 1. The molecule has 1 aliphatic carbocycles. The Kier molecular flexibility index (Phi) is 7.90. The number of aromatic nitrogens is 6. The van der Waals surface area contributed by atoms with Crippen LogP contribution in [0.5, 0.6) is 0 Å². The number of fused-ring (bicyclic) bond motifs is 2. The molecule has 7 rings (SSSR count). The van der Waals surface area contributed by atoms with Crippen LogP contribution >= 0.6 is 11.3 Å². The van der Waals surface area contributed by atoms with Crippen molar-refractivity contribution < 1.29 is 4.74 Å². The van der Waals surface area contributed by atoms with Crippen molar-refractivity contribution in [2.24, 2.45) is 0 Å². The molecule has 5 aromatic rings. The van der Waals surface area contributed by atoms with Crippen molar-refractivity contribution in [3.05, 3.63) is 52.7 Å². The lowest BCUT2D eigenvalue weighted by atomic mass is 9.90. The molecule has 0 bridgehead atoms. The third-order valence-corrected chi connectivity index (χ3v) is 9.88. The van der Waals surface area contributed by atoms with Crippen LogP contribution in [0.1, 0.15) is 48.8 Å². The van der Waals surface area contributed by atoms with Crippen LogP contribution < -0.4 is 5.73 Å². The monoisotopic (exact) mass is 585 g/mol. The summed E-state index contributed by atoms with van der Waals surface area (Å²) in [5.41, 5.74) is 11.1. The zero-order valence-corrected chi connectivity index (χ0v) is 25.0. The molecular weight excluding hydrogens is 546 g/mol. The average Bonchev–Trinajstić information content (AvgIpc) is 3.77. The van der Waals surface area contributed by atoms with Crippen LogP contribution in [-0.2, 0) is 11.2 Å². The number of hydrogen-bond acceptors (Lipinski definition) is 9. The Hall–Kier alpha value is -3.38. The first-order valence-corrected chi connectivity index (χ1v) is 16.0. The quantitative estimate of drug-likeness (QED) is 0.239. The fraction of sp³-hybridized carbons (Fsp3) is 0.484. The summed E-state index contributed by atoms with van der Waals surface area (Å²) in [4.78, 5) is 23.9. The second-order valence-corrected chi connectivity index (χ2v) is 12.6. The Morgan fingerprint density at radius 2 is 1.88 bits per heavy atom. The number of ether oxygens (including phenoxy) is 1. The Morgan fingerprint density at radius 3 is 2.67 bits per heavy atom. The van der Waals surface area contributed by atoms with E-state index in [4.69, 9.17) is 20.6 Å².